The number of likely N-dealkylation sites (N-methyl/N-ethyl adjacent to an activating group) is 1. The lowest BCUT2D eigenvalue weighted by molar-refractivity contribution is -0.117. The Kier molecular flexibility index (Phi) is 4.56. The van der Waals surface area contributed by atoms with Gasteiger partial charge in [-0.1, -0.05) is 12.1 Å². The van der Waals surface area contributed by atoms with Crippen LogP contribution in [0.3, 0.4) is 0 Å². The number of benzene rings is 1. The third kappa shape index (κ3) is 3.33. The summed E-state index contributed by atoms with van der Waals surface area (Å²) in [5.74, 6) is 0.184. The van der Waals surface area contributed by atoms with Crippen molar-refractivity contribution in [2.24, 2.45) is 5.73 Å². The van der Waals surface area contributed by atoms with Crippen LogP contribution in [0.2, 0.25) is 0 Å². The van der Waals surface area contributed by atoms with Crippen molar-refractivity contribution in [3.05, 3.63) is 29.3 Å². The van der Waals surface area contributed by atoms with Gasteiger partial charge in [0.15, 0.2) is 0 Å². The second-order valence-corrected chi connectivity index (χ2v) is 5.33. The van der Waals surface area contributed by atoms with E-state index in [1.54, 1.807) is 4.90 Å². The number of hydrogen-bond donors (Lipinski definition) is 1. The van der Waals surface area contributed by atoms with E-state index in [2.05, 4.69) is 30.1 Å². The predicted octanol–water partition coefficient (Wildman–Crippen LogP) is 1.38. The van der Waals surface area contributed by atoms with Crippen LogP contribution in [0, 0.1) is 0 Å². The Balaban J connectivity index is 1.96. The summed E-state index contributed by atoms with van der Waals surface area (Å²) in [7, 11) is 3.97. The quantitative estimate of drug-likeness (QED) is 0.787. The van der Waals surface area contributed by atoms with Gasteiger partial charge in [-0.15, -0.1) is 0 Å². The Hall–Kier alpha value is -1.39. The van der Waals surface area contributed by atoms with Crippen LogP contribution in [0.25, 0.3) is 0 Å². The molecule has 1 heterocycles. The maximum absolute atomic E-state index is 11.6. The highest BCUT2D eigenvalue weighted by atomic mass is 16.2. The van der Waals surface area contributed by atoms with E-state index in [-0.39, 0.29) is 5.91 Å². The van der Waals surface area contributed by atoms with Gasteiger partial charge in [-0.25, -0.2) is 0 Å². The van der Waals surface area contributed by atoms with E-state index in [0.717, 1.165) is 43.7 Å². The molecule has 0 fully saturated rings. The first-order valence-electron chi connectivity index (χ1n) is 6.89. The average Bonchev–Trinajstić information content (AvgIpc) is 2.65. The minimum Gasteiger partial charge on any atom is -0.330 e. The molecule has 0 aromatic heterocycles. The van der Waals surface area contributed by atoms with Gasteiger partial charge < -0.3 is 15.5 Å². The number of anilines is 1. The number of carbonyl (C=O) groups excluding carboxylic acids is 1. The summed E-state index contributed by atoms with van der Waals surface area (Å²) in [6.07, 6.45) is 2.75. The molecule has 0 atom stereocenters. The van der Waals surface area contributed by atoms with E-state index in [4.69, 9.17) is 5.73 Å². The van der Waals surface area contributed by atoms with Crippen molar-refractivity contribution in [3.8, 4) is 0 Å². The number of nitrogens with two attached hydrogens (primary N) is 1. The van der Waals surface area contributed by atoms with Gasteiger partial charge in [0.1, 0.15) is 0 Å². The summed E-state index contributed by atoms with van der Waals surface area (Å²) in [6.45, 7) is 2.75. The average molecular weight is 261 g/mol. The van der Waals surface area contributed by atoms with E-state index in [1.807, 2.05) is 7.05 Å². The number of fused-ring (bicyclic) bond motifs is 1. The first-order valence-corrected chi connectivity index (χ1v) is 6.89. The highest BCUT2D eigenvalue weighted by Crippen LogP contribution is 2.28. The molecule has 2 rings (SSSR count). The Morgan fingerprint density at radius 2 is 2.16 bits per heavy atom. The third-order valence-corrected chi connectivity index (χ3v) is 3.67. The molecule has 19 heavy (non-hydrogen) atoms. The van der Waals surface area contributed by atoms with E-state index >= 15 is 0 Å². The molecule has 0 bridgehead atoms. The molecule has 4 heteroatoms. The minimum absolute atomic E-state index is 0.184. The lowest BCUT2D eigenvalue weighted by Gasteiger charge is -2.17. The van der Waals surface area contributed by atoms with E-state index in [0.29, 0.717) is 6.42 Å². The van der Waals surface area contributed by atoms with Crippen molar-refractivity contribution >= 4 is 11.6 Å². The van der Waals surface area contributed by atoms with Gasteiger partial charge >= 0.3 is 0 Å². The van der Waals surface area contributed by atoms with Crippen molar-refractivity contribution in [2.45, 2.75) is 25.8 Å². The lowest BCUT2D eigenvalue weighted by Crippen LogP contribution is -2.20. The number of hydrogen-bond acceptors (Lipinski definition) is 3. The topological polar surface area (TPSA) is 49.6 Å². The molecular formula is C15H23N3O. The molecule has 0 radical (unpaired) electrons. The molecule has 0 saturated carbocycles. The number of rotatable bonds is 6. The summed E-state index contributed by atoms with van der Waals surface area (Å²) in [4.78, 5) is 15.7. The van der Waals surface area contributed by atoms with Crippen LogP contribution in [0.5, 0.6) is 0 Å². The van der Waals surface area contributed by atoms with Crippen LogP contribution in [-0.4, -0.2) is 38.0 Å². The molecule has 1 aliphatic rings. The summed E-state index contributed by atoms with van der Waals surface area (Å²) >= 11 is 0. The molecule has 0 spiro atoms. The molecule has 104 valence electrons. The Labute approximate surface area is 115 Å². The summed E-state index contributed by atoms with van der Waals surface area (Å²) in [5.41, 5.74) is 8.98. The highest BCUT2D eigenvalue weighted by molar-refractivity contribution is 6.00. The zero-order valence-corrected chi connectivity index (χ0v) is 11.9. The monoisotopic (exact) mass is 261 g/mol. The van der Waals surface area contributed by atoms with Crippen LogP contribution in [0.1, 0.15) is 24.0 Å². The normalized spacial score (nSPS) is 14.3. The zero-order chi connectivity index (χ0) is 13.8. The van der Waals surface area contributed by atoms with Crippen molar-refractivity contribution in [3.63, 3.8) is 0 Å². The molecule has 1 aromatic carbocycles. The van der Waals surface area contributed by atoms with Gasteiger partial charge in [0.2, 0.25) is 5.91 Å². The molecule has 0 aliphatic carbocycles. The number of amides is 1. The van der Waals surface area contributed by atoms with Crippen molar-refractivity contribution < 1.29 is 4.79 Å². The van der Waals surface area contributed by atoms with E-state index in [1.165, 1.54) is 5.56 Å². The lowest BCUT2D eigenvalue weighted by atomic mass is 10.1. The first kappa shape index (κ1) is 14.0. The second-order valence-electron chi connectivity index (χ2n) is 5.33. The first-order chi connectivity index (χ1) is 9.11. The SMILES string of the molecule is CN(CCCCN)Cc1ccc2c(c1)CC(=O)N2C. The Bertz CT molecular complexity index is 459. The fourth-order valence-electron chi connectivity index (χ4n) is 2.54. The molecule has 1 aromatic rings. The van der Waals surface area contributed by atoms with E-state index < -0.39 is 0 Å². The van der Waals surface area contributed by atoms with Gasteiger partial charge in [-0.3, -0.25) is 4.79 Å². The van der Waals surface area contributed by atoms with Gasteiger partial charge in [-0.2, -0.15) is 0 Å². The summed E-state index contributed by atoms with van der Waals surface area (Å²) < 4.78 is 0. The van der Waals surface area contributed by atoms with Crippen LogP contribution in [-0.2, 0) is 17.8 Å². The number of unbranched alkanes of at least 4 members (excludes halogenated alkanes) is 1. The molecular weight excluding hydrogens is 238 g/mol. The fraction of sp³-hybridized carbons (Fsp3) is 0.533. The van der Waals surface area contributed by atoms with Gasteiger partial charge in [-0.05, 0) is 50.2 Å². The highest BCUT2D eigenvalue weighted by Gasteiger charge is 2.23. The summed E-state index contributed by atoms with van der Waals surface area (Å²) in [6, 6.07) is 6.34. The molecule has 1 amide bonds. The van der Waals surface area contributed by atoms with Gasteiger partial charge in [0.25, 0.3) is 0 Å². The van der Waals surface area contributed by atoms with Crippen molar-refractivity contribution in [1.29, 1.82) is 0 Å². The molecule has 2 N–H and O–H groups in total. The minimum atomic E-state index is 0.184. The molecule has 1 aliphatic heterocycles. The molecule has 0 unspecified atom stereocenters. The van der Waals surface area contributed by atoms with Crippen molar-refractivity contribution in [1.82, 2.24) is 4.90 Å². The largest absolute Gasteiger partial charge is 0.330 e. The van der Waals surface area contributed by atoms with Gasteiger partial charge in [0.05, 0.1) is 6.42 Å². The Morgan fingerprint density at radius 1 is 1.37 bits per heavy atom. The number of nitrogens with zero attached hydrogens (tertiary/aromatic N) is 2. The molecule has 0 saturated heterocycles. The molecule has 4 nitrogen and oxygen atoms in total. The second kappa shape index (κ2) is 6.17. The van der Waals surface area contributed by atoms with E-state index in [9.17, 15) is 4.79 Å². The summed E-state index contributed by atoms with van der Waals surface area (Å²) in [5, 5.41) is 0. The van der Waals surface area contributed by atoms with Crippen LogP contribution < -0.4 is 10.6 Å². The van der Waals surface area contributed by atoms with Crippen LogP contribution in [0.15, 0.2) is 18.2 Å². The predicted molar refractivity (Wildman–Crippen MR) is 78.2 cm³/mol. The maximum atomic E-state index is 11.6. The van der Waals surface area contributed by atoms with Crippen molar-refractivity contribution in [2.75, 3.05) is 32.1 Å². The zero-order valence-electron chi connectivity index (χ0n) is 11.9. The standard InChI is InChI=1S/C15H23N3O/c1-17(8-4-3-7-16)11-12-5-6-14-13(9-12)10-15(19)18(14)2/h5-6,9H,3-4,7-8,10-11,16H2,1-2H3. The van der Waals surface area contributed by atoms with Crippen LogP contribution in [0.4, 0.5) is 5.69 Å². The Morgan fingerprint density at radius 3 is 2.89 bits per heavy atom. The number of carbonyl (C=O) groups is 1. The maximum Gasteiger partial charge on any atom is 0.231 e. The third-order valence-electron chi connectivity index (χ3n) is 3.67. The fourth-order valence-corrected chi connectivity index (χ4v) is 2.54. The van der Waals surface area contributed by atoms with Crippen LogP contribution >= 0.6 is 0 Å². The van der Waals surface area contributed by atoms with Gasteiger partial charge in [0, 0.05) is 19.3 Å². The smallest absolute Gasteiger partial charge is 0.231 e.